The maximum absolute atomic E-state index is 10.7. The number of carboxylic acid groups (broad SMARTS) is 1. The minimum atomic E-state index is -2.08. The monoisotopic (exact) mass is 254 g/mol. The molecule has 2 rings (SSSR count). The number of ether oxygens (including phenoxy) is 1. The van der Waals surface area contributed by atoms with E-state index in [9.17, 15) is 4.79 Å². The Labute approximate surface area is 112 Å². The minimum Gasteiger partial charge on any atom is -0.480 e. The first kappa shape index (κ1) is 8.50. The van der Waals surface area contributed by atoms with Crippen molar-refractivity contribution in [3.8, 4) is 0 Å². The molecule has 5 heteroatoms. The van der Waals surface area contributed by atoms with Gasteiger partial charge < -0.3 is 20.5 Å². The highest BCUT2D eigenvalue weighted by molar-refractivity contribution is 5.73. The molecule has 98 valence electrons. The Morgan fingerprint density at radius 2 is 2.06 bits per heavy atom. The maximum Gasteiger partial charge on any atom is 0.320 e. The SMILES string of the molecule is [2H]C1([2H])CN(c2ccc(C[C@H](N)C(=O)O)cc2)CC([2H])([2H])O1. The second-order valence-corrected chi connectivity index (χ2v) is 4.06. The van der Waals surface area contributed by atoms with Gasteiger partial charge in [-0.05, 0) is 24.1 Å². The predicted octanol–water partition coefficient (Wildman–Crippen LogP) is 0.478. The number of morpholine rings is 1. The largest absolute Gasteiger partial charge is 0.480 e. The number of hydrogen-bond acceptors (Lipinski definition) is 4. The Balaban J connectivity index is 2.11. The average molecular weight is 254 g/mol. The Kier molecular flexibility index (Phi) is 2.76. The molecule has 1 saturated heterocycles. The van der Waals surface area contributed by atoms with Crippen LogP contribution in [0, 0.1) is 0 Å². The summed E-state index contributed by atoms with van der Waals surface area (Å²) in [6.45, 7) is -4.32. The third-order valence-corrected chi connectivity index (χ3v) is 2.73. The molecular formula is C13H18N2O3. The molecule has 1 aliphatic heterocycles. The van der Waals surface area contributed by atoms with Gasteiger partial charge in [-0.3, -0.25) is 4.79 Å². The molecule has 1 aliphatic rings. The van der Waals surface area contributed by atoms with E-state index in [1.807, 2.05) is 0 Å². The van der Waals surface area contributed by atoms with Crippen molar-refractivity contribution in [3.63, 3.8) is 0 Å². The number of carboxylic acids is 1. The lowest BCUT2D eigenvalue weighted by Crippen LogP contribution is -2.36. The van der Waals surface area contributed by atoms with E-state index in [1.165, 1.54) is 0 Å². The summed E-state index contributed by atoms with van der Waals surface area (Å²) in [5.74, 6) is -1.07. The quantitative estimate of drug-likeness (QED) is 0.817. The van der Waals surface area contributed by atoms with Crippen LogP contribution in [0.4, 0.5) is 5.69 Å². The van der Waals surface area contributed by atoms with Gasteiger partial charge in [-0.2, -0.15) is 0 Å². The molecule has 1 heterocycles. The van der Waals surface area contributed by atoms with Crippen LogP contribution >= 0.6 is 0 Å². The molecule has 0 unspecified atom stereocenters. The smallest absolute Gasteiger partial charge is 0.320 e. The van der Waals surface area contributed by atoms with Crippen molar-refractivity contribution in [1.82, 2.24) is 0 Å². The van der Waals surface area contributed by atoms with Gasteiger partial charge in [-0.1, -0.05) is 12.1 Å². The van der Waals surface area contributed by atoms with E-state index < -0.39 is 25.1 Å². The summed E-state index contributed by atoms with van der Waals surface area (Å²) >= 11 is 0. The minimum absolute atomic E-state index is 0.0828. The summed E-state index contributed by atoms with van der Waals surface area (Å²) in [5.41, 5.74) is 6.87. The standard InChI is InChI=1S/C13H18N2O3/c14-12(13(16)17)9-10-1-3-11(4-2-10)15-5-7-18-8-6-15/h1-4,12H,5-9,14H2,(H,16,17)/t12-/m0/s1/i7D2,8D2. The predicted molar refractivity (Wildman–Crippen MR) is 68.8 cm³/mol. The van der Waals surface area contributed by atoms with Crippen LogP contribution in [0.5, 0.6) is 0 Å². The van der Waals surface area contributed by atoms with Crippen LogP contribution in [0.25, 0.3) is 0 Å². The van der Waals surface area contributed by atoms with Gasteiger partial charge in [-0.15, -0.1) is 0 Å². The summed E-state index contributed by atoms with van der Waals surface area (Å²) < 4.78 is 35.3. The Bertz CT molecular complexity index is 535. The molecular weight excluding hydrogens is 232 g/mol. The topological polar surface area (TPSA) is 75.8 Å². The van der Waals surface area contributed by atoms with Crippen molar-refractivity contribution in [2.45, 2.75) is 12.5 Å². The summed E-state index contributed by atoms with van der Waals surface area (Å²) in [7, 11) is 0. The van der Waals surface area contributed by atoms with Crippen LogP contribution in [-0.2, 0) is 16.0 Å². The molecule has 18 heavy (non-hydrogen) atoms. The van der Waals surface area contributed by atoms with Crippen LogP contribution in [0.3, 0.4) is 0 Å². The highest BCUT2D eigenvalue weighted by Gasteiger charge is 2.13. The third-order valence-electron chi connectivity index (χ3n) is 2.73. The molecule has 0 spiro atoms. The number of nitrogens with two attached hydrogens (primary N) is 1. The van der Waals surface area contributed by atoms with Gasteiger partial charge in [0.1, 0.15) is 6.04 Å². The molecule has 0 radical (unpaired) electrons. The van der Waals surface area contributed by atoms with E-state index in [2.05, 4.69) is 0 Å². The Morgan fingerprint density at radius 1 is 1.44 bits per heavy atom. The maximum atomic E-state index is 10.7. The van der Waals surface area contributed by atoms with E-state index in [0.717, 1.165) is 5.56 Å². The molecule has 5 nitrogen and oxygen atoms in total. The van der Waals surface area contributed by atoms with Crippen molar-refractivity contribution in [3.05, 3.63) is 29.8 Å². The van der Waals surface area contributed by atoms with Gasteiger partial charge in [0, 0.05) is 18.8 Å². The number of anilines is 1. The summed E-state index contributed by atoms with van der Waals surface area (Å²) in [6, 6.07) is 5.83. The lowest BCUT2D eigenvalue weighted by atomic mass is 10.1. The van der Waals surface area contributed by atoms with Crippen LogP contribution in [0.15, 0.2) is 24.3 Å². The highest BCUT2D eigenvalue weighted by atomic mass is 16.5. The summed E-state index contributed by atoms with van der Waals surface area (Å²) in [4.78, 5) is 12.3. The van der Waals surface area contributed by atoms with Crippen LogP contribution < -0.4 is 10.6 Å². The molecule has 0 aromatic heterocycles. The molecule has 1 aromatic rings. The lowest BCUT2D eigenvalue weighted by molar-refractivity contribution is -0.138. The van der Waals surface area contributed by atoms with Crippen LogP contribution in [0.1, 0.15) is 11.0 Å². The van der Waals surface area contributed by atoms with Gasteiger partial charge >= 0.3 is 5.97 Å². The Morgan fingerprint density at radius 3 is 2.61 bits per heavy atom. The normalized spacial score (nSPS) is 26.4. The molecule has 0 bridgehead atoms. The fourth-order valence-corrected chi connectivity index (χ4v) is 1.69. The van der Waals surface area contributed by atoms with Crippen molar-refractivity contribution in [2.24, 2.45) is 5.73 Å². The van der Waals surface area contributed by atoms with Gasteiger partial charge in [0.25, 0.3) is 0 Å². The third kappa shape index (κ3) is 3.21. The first-order chi connectivity index (χ1) is 10.1. The van der Waals surface area contributed by atoms with E-state index in [-0.39, 0.29) is 19.5 Å². The lowest BCUT2D eigenvalue weighted by Gasteiger charge is -2.29. The molecule has 1 aromatic carbocycles. The number of benzene rings is 1. The first-order valence-electron chi connectivity index (χ1n) is 7.60. The van der Waals surface area contributed by atoms with E-state index in [0.29, 0.717) is 5.69 Å². The first-order valence-corrected chi connectivity index (χ1v) is 5.60. The van der Waals surface area contributed by atoms with Crippen LogP contribution in [0.2, 0.25) is 0 Å². The van der Waals surface area contributed by atoms with Gasteiger partial charge in [0.05, 0.1) is 18.6 Å². The number of carbonyl (C=O) groups is 1. The van der Waals surface area contributed by atoms with E-state index in [1.54, 1.807) is 29.2 Å². The molecule has 0 saturated carbocycles. The molecule has 0 aliphatic carbocycles. The van der Waals surface area contributed by atoms with E-state index in [4.69, 9.17) is 21.1 Å². The second kappa shape index (κ2) is 5.84. The molecule has 1 atom stereocenters. The van der Waals surface area contributed by atoms with Crippen molar-refractivity contribution >= 4 is 11.7 Å². The number of hydrogen-bond donors (Lipinski definition) is 2. The molecule has 3 N–H and O–H groups in total. The fourth-order valence-electron chi connectivity index (χ4n) is 1.69. The summed E-state index contributed by atoms with van der Waals surface area (Å²) in [5, 5.41) is 8.79. The van der Waals surface area contributed by atoms with Crippen LogP contribution in [-0.4, -0.2) is 43.3 Å². The number of nitrogens with zero attached hydrogens (tertiary/aromatic N) is 1. The number of rotatable bonds is 4. The zero-order chi connectivity index (χ0) is 16.5. The fraction of sp³-hybridized carbons (Fsp3) is 0.462. The van der Waals surface area contributed by atoms with Gasteiger partial charge in [0.15, 0.2) is 0 Å². The average Bonchev–Trinajstić information content (AvgIpc) is 2.35. The number of aliphatic carboxylic acids is 1. The van der Waals surface area contributed by atoms with Crippen molar-refractivity contribution in [2.75, 3.05) is 31.1 Å². The summed E-state index contributed by atoms with van der Waals surface area (Å²) in [6.07, 6.45) is 0.195. The molecule has 0 amide bonds. The van der Waals surface area contributed by atoms with E-state index >= 15 is 0 Å². The second-order valence-electron chi connectivity index (χ2n) is 4.06. The van der Waals surface area contributed by atoms with Gasteiger partial charge in [-0.25, -0.2) is 0 Å². The highest BCUT2D eigenvalue weighted by Crippen LogP contribution is 2.17. The Hall–Kier alpha value is -1.59. The van der Waals surface area contributed by atoms with Gasteiger partial charge in [0.2, 0.25) is 0 Å². The zero-order valence-electron chi connectivity index (χ0n) is 13.8. The zero-order valence-corrected chi connectivity index (χ0v) is 9.80. The molecule has 1 fully saturated rings. The van der Waals surface area contributed by atoms with Crippen molar-refractivity contribution < 1.29 is 20.1 Å². The van der Waals surface area contributed by atoms with Crippen molar-refractivity contribution in [1.29, 1.82) is 0 Å².